The molecule has 0 bridgehead atoms. The summed E-state index contributed by atoms with van der Waals surface area (Å²) in [7, 11) is 0. The number of guanidine groups is 1. The number of aliphatic imine (C=N–C) groups is 1. The zero-order chi connectivity index (χ0) is 26.4. The molecule has 2 amide bonds. The van der Waals surface area contributed by atoms with Gasteiger partial charge in [-0.1, -0.05) is 0 Å². The highest BCUT2D eigenvalue weighted by atomic mass is 16.8. The molecular formula is C23H39N3O9. The number of rotatable bonds is 2. The quantitative estimate of drug-likeness (QED) is 0.432. The van der Waals surface area contributed by atoms with Gasteiger partial charge in [-0.2, -0.15) is 0 Å². The molecular weight excluding hydrogens is 462 g/mol. The molecule has 0 aromatic carbocycles. The molecule has 3 aliphatic rings. The summed E-state index contributed by atoms with van der Waals surface area (Å²) < 4.78 is 40.5. The van der Waals surface area contributed by atoms with Gasteiger partial charge in [0, 0.05) is 0 Å². The van der Waals surface area contributed by atoms with Crippen LogP contribution < -0.4 is 10.6 Å². The molecule has 3 saturated heterocycles. The molecule has 3 aliphatic heterocycles. The van der Waals surface area contributed by atoms with Gasteiger partial charge >= 0.3 is 12.2 Å². The number of alkyl carbamates (subject to hydrolysis) is 2. The predicted octanol–water partition coefficient (Wildman–Crippen LogP) is 2.79. The first-order valence-electron chi connectivity index (χ1n) is 11.7. The fourth-order valence-electron chi connectivity index (χ4n) is 3.89. The molecule has 2 N–H and O–H groups in total. The number of nitrogens with one attached hydrogen (secondary N) is 2. The van der Waals surface area contributed by atoms with Gasteiger partial charge in [0.15, 0.2) is 17.9 Å². The van der Waals surface area contributed by atoms with E-state index in [1.165, 1.54) is 0 Å². The Balaban J connectivity index is 1.90. The third-order valence-electron chi connectivity index (χ3n) is 4.97. The summed E-state index contributed by atoms with van der Waals surface area (Å²) in [4.78, 5) is 29.7. The minimum Gasteiger partial charge on any atom is -0.444 e. The Morgan fingerprint density at radius 3 is 1.83 bits per heavy atom. The molecule has 0 unspecified atom stereocenters. The molecule has 12 heteroatoms. The molecule has 0 aromatic rings. The number of carbonyl (C=O) groups is 2. The van der Waals surface area contributed by atoms with Crippen LogP contribution in [0.3, 0.4) is 0 Å². The van der Waals surface area contributed by atoms with Gasteiger partial charge in [0.25, 0.3) is 0 Å². The Hall–Kier alpha value is -1.99. The Morgan fingerprint density at radius 2 is 1.37 bits per heavy atom. The van der Waals surface area contributed by atoms with Crippen molar-refractivity contribution in [3.63, 3.8) is 0 Å². The first-order valence-corrected chi connectivity index (χ1v) is 11.7. The number of ether oxygens (including phenoxy) is 7. The van der Waals surface area contributed by atoms with Gasteiger partial charge in [-0.15, -0.1) is 0 Å². The third kappa shape index (κ3) is 7.74. The standard InChI is InChI=1S/C23H39N3O9/c1-20(2,3)34-18(27)25-17(26-19(28)35-21(4,5)6)24-13-14(12-11-29-22(7,8)31-12)30-16-15(13)32-23(9,10)33-16/h12-16H,11H2,1-10H3,(H2,24,25,26,27,28)/t12-,13+,14-,15-,16-/m1/s1. The SMILES string of the molecule is CC(C)(C)OC(=O)NC(=N[C@@H]1[C@H]2OC(C)(C)O[C@H]2O[C@@H]1[C@H]1COC(C)(C)O1)NC(=O)OC(C)(C)C. The normalized spacial score (nSPS) is 31.4. The first-order chi connectivity index (χ1) is 15.8. The van der Waals surface area contributed by atoms with E-state index in [0.29, 0.717) is 0 Å². The van der Waals surface area contributed by atoms with Crippen LogP contribution in [0.25, 0.3) is 0 Å². The van der Waals surface area contributed by atoms with Gasteiger partial charge in [-0.25, -0.2) is 14.6 Å². The molecule has 3 heterocycles. The summed E-state index contributed by atoms with van der Waals surface area (Å²) in [6, 6.07) is -0.718. The van der Waals surface area contributed by atoms with Crippen LogP contribution in [0.4, 0.5) is 9.59 Å². The number of fused-ring (bicyclic) bond motifs is 1. The topological polar surface area (TPSA) is 135 Å². The molecule has 0 spiro atoms. The number of nitrogens with zero attached hydrogens (tertiary/aromatic N) is 1. The fraction of sp³-hybridized carbons (Fsp3) is 0.870. The average molecular weight is 502 g/mol. The van der Waals surface area contributed by atoms with Crippen molar-refractivity contribution in [2.24, 2.45) is 4.99 Å². The molecule has 3 rings (SSSR count). The Bertz CT molecular complexity index is 812. The van der Waals surface area contributed by atoms with Gasteiger partial charge < -0.3 is 33.2 Å². The van der Waals surface area contributed by atoms with E-state index in [1.54, 1.807) is 69.2 Å². The van der Waals surface area contributed by atoms with Crippen LogP contribution in [0.15, 0.2) is 4.99 Å². The Morgan fingerprint density at radius 1 is 0.829 bits per heavy atom. The van der Waals surface area contributed by atoms with Crippen molar-refractivity contribution >= 4 is 18.1 Å². The van der Waals surface area contributed by atoms with Gasteiger partial charge in [-0.3, -0.25) is 10.6 Å². The largest absolute Gasteiger partial charge is 0.444 e. The van der Waals surface area contributed by atoms with Crippen LogP contribution >= 0.6 is 0 Å². The molecule has 35 heavy (non-hydrogen) atoms. The van der Waals surface area contributed by atoms with Crippen LogP contribution in [0.1, 0.15) is 69.2 Å². The van der Waals surface area contributed by atoms with E-state index in [4.69, 9.17) is 33.2 Å². The lowest BCUT2D eigenvalue weighted by Crippen LogP contribution is -2.50. The summed E-state index contributed by atoms with van der Waals surface area (Å²) in [5.41, 5.74) is -1.53. The van der Waals surface area contributed by atoms with E-state index in [2.05, 4.69) is 15.6 Å². The van der Waals surface area contributed by atoms with Crippen LogP contribution in [-0.4, -0.2) is 78.2 Å². The lowest BCUT2D eigenvalue weighted by atomic mass is 10.0. The molecule has 0 aliphatic carbocycles. The zero-order valence-electron chi connectivity index (χ0n) is 22.2. The number of hydrogen-bond donors (Lipinski definition) is 2. The molecule has 5 atom stereocenters. The van der Waals surface area contributed by atoms with Crippen LogP contribution in [0.2, 0.25) is 0 Å². The van der Waals surface area contributed by atoms with E-state index >= 15 is 0 Å². The van der Waals surface area contributed by atoms with Gasteiger partial charge in [0.1, 0.15) is 35.6 Å². The van der Waals surface area contributed by atoms with Crippen molar-refractivity contribution in [2.75, 3.05) is 6.61 Å². The summed E-state index contributed by atoms with van der Waals surface area (Å²) >= 11 is 0. The van der Waals surface area contributed by atoms with Crippen molar-refractivity contribution in [2.45, 2.75) is 123 Å². The van der Waals surface area contributed by atoms with Crippen molar-refractivity contribution in [3.8, 4) is 0 Å². The van der Waals surface area contributed by atoms with Gasteiger partial charge in [0.2, 0.25) is 5.96 Å². The van der Waals surface area contributed by atoms with E-state index in [9.17, 15) is 9.59 Å². The summed E-state index contributed by atoms with van der Waals surface area (Å²) in [5.74, 6) is -1.88. The average Bonchev–Trinajstić information content (AvgIpc) is 3.21. The highest BCUT2D eigenvalue weighted by Crippen LogP contribution is 2.42. The predicted molar refractivity (Wildman–Crippen MR) is 124 cm³/mol. The Labute approximate surface area is 206 Å². The summed E-state index contributed by atoms with van der Waals surface area (Å²) in [6.45, 7) is 17.7. The molecule has 0 aromatic heterocycles. The molecule has 200 valence electrons. The number of amides is 2. The van der Waals surface area contributed by atoms with Crippen LogP contribution in [-0.2, 0) is 33.2 Å². The third-order valence-corrected chi connectivity index (χ3v) is 4.97. The second-order valence-corrected chi connectivity index (χ2v) is 11.7. The van der Waals surface area contributed by atoms with Gasteiger partial charge in [0.05, 0.1) is 6.61 Å². The lowest BCUT2D eigenvalue weighted by Gasteiger charge is -2.28. The van der Waals surface area contributed by atoms with Crippen LogP contribution in [0, 0.1) is 0 Å². The molecule has 0 radical (unpaired) electrons. The summed E-state index contributed by atoms with van der Waals surface area (Å²) in [5, 5.41) is 5.00. The minimum absolute atomic E-state index is 0.181. The Kier molecular flexibility index (Phi) is 7.47. The lowest BCUT2D eigenvalue weighted by molar-refractivity contribution is -0.222. The van der Waals surface area contributed by atoms with Crippen molar-refractivity contribution in [1.82, 2.24) is 10.6 Å². The second-order valence-electron chi connectivity index (χ2n) is 11.7. The van der Waals surface area contributed by atoms with Crippen LogP contribution in [0.5, 0.6) is 0 Å². The molecule has 12 nitrogen and oxygen atoms in total. The maximum atomic E-state index is 12.5. The zero-order valence-corrected chi connectivity index (χ0v) is 22.2. The maximum absolute atomic E-state index is 12.5. The fourth-order valence-corrected chi connectivity index (χ4v) is 3.89. The monoisotopic (exact) mass is 501 g/mol. The number of carbonyl (C=O) groups excluding carboxylic acids is 2. The van der Waals surface area contributed by atoms with Crippen molar-refractivity contribution in [1.29, 1.82) is 0 Å². The molecule has 0 saturated carbocycles. The van der Waals surface area contributed by atoms with Crippen molar-refractivity contribution in [3.05, 3.63) is 0 Å². The van der Waals surface area contributed by atoms with Crippen molar-refractivity contribution < 1.29 is 42.7 Å². The van der Waals surface area contributed by atoms with Gasteiger partial charge in [-0.05, 0) is 69.2 Å². The first kappa shape index (κ1) is 27.6. The summed E-state index contributed by atoms with van der Waals surface area (Å²) in [6.07, 6.45) is -4.07. The minimum atomic E-state index is -0.905. The number of hydrogen-bond acceptors (Lipinski definition) is 10. The smallest absolute Gasteiger partial charge is 0.414 e. The molecule has 3 fully saturated rings. The highest BCUT2D eigenvalue weighted by molar-refractivity contribution is 6.01. The second kappa shape index (κ2) is 9.47. The van der Waals surface area contributed by atoms with E-state index < -0.39 is 65.6 Å². The highest BCUT2D eigenvalue weighted by Gasteiger charge is 2.58. The van der Waals surface area contributed by atoms with E-state index in [0.717, 1.165) is 0 Å². The maximum Gasteiger partial charge on any atom is 0.414 e. The van der Waals surface area contributed by atoms with E-state index in [1.807, 2.05) is 0 Å². The van der Waals surface area contributed by atoms with E-state index in [-0.39, 0.29) is 12.6 Å².